The summed E-state index contributed by atoms with van der Waals surface area (Å²) in [6.07, 6.45) is 0. The normalized spacial score (nSPS) is 10.3. The van der Waals surface area contributed by atoms with Crippen LogP contribution in [0.4, 0.5) is 0 Å². The maximum atomic E-state index is 11.4. The van der Waals surface area contributed by atoms with E-state index in [0.717, 1.165) is 32.4 Å². The molecule has 0 aliphatic heterocycles. The number of ether oxygens (including phenoxy) is 2. The van der Waals surface area contributed by atoms with E-state index in [2.05, 4.69) is 9.47 Å². The maximum Gasteiger partial charge on any atom is 1.00 e. The number of carbonyl (C=O) groups excluding carboxylic acids is 2. The summed E-state index contributed by atoms with van der Waals surface area (Å²) >= 11 is 0. The van der Waals surface area contributed by atoms with Crippen LogP contribution in [0.1, 0.15) is 20.7 Å². The van der Waals surface area contributed by atoms with Crippen molar-refractivity contribution in [3.05, 3.63) is 29.3 Å². The van der Waals surface area contributed by atoms with Crippen molar-refractivity contribution in [2.24, 2.45) is 0 Å². The average molecular weight is 297 g/mol. The zero-order valence-corrected chi connectivity index (χ0v) is 13.4. The standard InChI is InChI=1S/C10H10O7S.Na/c1-16-9(11)7-4-3-6(18(13,14)15)5-8(7)10(12)17-2;/h3-5H,1-2H3,(H,13,14,15);/q;+1. The first-order valence-electron chi connectivity index (χ1n) is 4.59. The zero-order chi connectivity index (χ0) is 13.9. The van der Waals surface area contributed by atoms with Gasteiger partial charge in [-0.05, 0) is 18.2 Å². The van der Waals surface area contributed by atoms with Crippen LogP contribution in [0.5, 0.6) is 0 Å². The second kappa shape index (κ2) is 7.01. The molecule has 9 heteroatoms. The third kappa shape index (κ3) is 4.29. The van der Waals surface area contributed by atoms with Gasteiger partial charge in [0, 0.05) is 0 Å². The zero-order valence-electron chi connectivity index (χ0n) is 10.5. The Hall–Kier alpha value is -0.930. The van der Waals surface area contributed by atoms with Crippen LogP contribution in [0.3, 0.4) is 0 Å². The minimum atomic E-state index is -4.48. The second-order valence-corrected chi connectivity index (χ2v) is 4.59. The summed E-state index contributed by atoms with van der Waals surface area (Å²) in [6.45, 7) is 0. The molecule has 0 saturated heterocycles. The van der Waals surface area contributed by atoms with Crippen molar-refractivity contribution in [2.45, 2.75) is 4.90 Å². The molecule has 19 heavy (non-hydrogen) atoms. The van der Waals surface area contributed by atoms with Gasteiger partial charge in [-0.15, -0.1) is 0 Å². The van der Waals surface area contributed by atoms with E-state index in [0.29, 0.717) is 0 Å². The minimum Gasteiger partial charge on any atom is -0.465 e. The number of hydrogen-bond donors (Lipinski definition) is 1. The van der Waals surface area contributed by atoms with E-state index >= 15 is 0 Å². The fourth-order valence-corrected chi connectivity index (χ4v) is 1.76. The molecule has 0 fully saturated rings. The van der Waals surface area contributed by atoms with Crippen LogP contribution in [0.25, 0.3) is 0 Å². The second-order valence-electron chi connectivity index (χ2n) is 3.17. The first kappa shape index (κ1) is 18.1. The Morgan fingerprint density at radius 1 is 1.05 bits per heavy atom. The van der Waals surface area contributed by atoms with Gasteiger partial charge in [0.15, 0.2) is 0 Å². The smallest absolute Gasteiger partial charge is 0.465 e. The fourth-order valence-electron chi connectivity index (χ4n) is 1.25. The summed E-state index contributed by atoms with van der Waals surface area (Å²) in [6, 6.07) is 2.88. The summed E-state index contributed by atoms with van der Waals surface area (Å²) in [5.41, 5.74) is -0.462. The van der Waals surface area contributed by atoms with Crippen LogP contribution < -0.4 is 29.6 Å². The van der Waals surface area contributed by atoms with Gasteiger partial charge in [-0.1, -0.05) is 0 Å². The van der Waals surface area contributed by atoms with Crippen LogP contribution in [-0.2, 0) is 19.6 Å². The summed E-state index contributed by atoms with van der Waals surface area (Å²) in [5, 5.41) is 0. The van der Waals surface area contributed by atoms with E-state index in [1.54, 1.807) is 0 Å². The van der Waals surface area contributed by atoms with Crippen molar-refractivity contribution in [2.75, 3.05) is 14.2 Å². The van der Waals surface area contributed by atoms with Crippen molar-refractivity contribution < 1.29 is 61.6 Å². The molecule has 0 heterocycles. The first-order valence-corrected chi connectivity index (χ1v) is 6.03. The fraction of sp³-hybridized carbons (Fsp3) is 0.200. The minimum absolute atomic E-state index is 0. The third-order valence-corrected chi connectivity index (χ3v) is 2.95. The molecule has 0 aliphatic carbocycles. The van der Waals surface area contributed by atoms with Crippen molar-refractivity contribution in [1.82, 2.24) is 0 Å². The Balaban J connectivity index is 0.00000324. The van der Waals surface area contributed by atoms with Gasteiger partial charge < -0.3 is 9.47 Å². The molecule has 7 nitrogen and oxygen atoms in total. The number of methoxy groups -OCH3 is 2. The number of esters is 2. The van der Waals surface area contributed by atoms with Crippen LogP contribution in [-0.4, -0.2) is 39.1 Å². The molecule has 0 amide bonds. The average Bonchev–Trinajstić information content (AvgIpc) is 2.35. The van der Waals surface area contributed by atoms with Gasteiger partial charge in [0.2, 0.25) is 0 Å². The van der Waals surface area contributed by atoms with Gasteiger partial charge >= 0.3 is 41.5 Å². The Morgan fingerprint density at radius 3 is 1.95 bits per heavy atom. The van der Waals surface area contributed by atoms with E-state index in [9.17, 15) is 18.0 Å². The van der Waals surface area contributed by atoms with E-state index < -0.39 is 27.0 Å². The van der Waals surface area contributed by atoms with Gasteiger partial charge in [0.05, 0.1) is 30.2 Å². The van der Waals surface area contributed by atoms with Crippen LogP contribution in [0.2, 0.25) is 0 Å². The molecule has 1 rings (SSSR count). The monoisotopic (exact) mass is 297 g/mol. The van der Waals surface area contributed by atoms with E-state index in [1.807, 2.05) is 0 Å². The number of hydrogen-bond acceptors (Lipinski definition) is 6. The first-order chi connectivity index (χ1) is 8.31. The molecular formula is C10H10NaO7S+. The molecule has 0 bridgehead atoms. The Labute approximate surface area is 131 Å². The summed E-state index contributed by atoms with van der Waals surface area (Å²) in [4.78, 5) is 22.3. The number of benzene rings is 1. The Kier molecular flexibility index (Phi) is 6.67. The topological polar surface area (TPSA) is 107 Å². The molecule has 1 aromatic carbocycles. The van der Waals surface area contributed by atoms with Crippen LogP contribution in [0, 0.1) is 0 Å². The van der Waals surface area contributed by atoms with Gasteiger partial charge in [-0.3, -0.25) is 4.55 Å². The predicted octanol–water partition coefficient (Wildman–Crippen LogP) is -2.49. The van der Waals surface area contributed by atoms with E-state index in [-0.39, 0.29) is 40.7 Å². The van der Waals surface area contributed by atoms with E-state index in [1.165, 1.54) is 0 Å². The molecule has 1 N–H and O–H groups in total. The molecule has 0 radical (unpaired) electrons. The largest absolute Gasteiger partial charge is 1.00 e. The molecule has 0 aromatic heterocycles. The SMILES string of the molecule is COC(=O)c1ccc(S(=O)(=O)O)cc1C(=O)OC.[Na+]. The Bertz CT molecular complexity index is 594. The molecule has 0 spiro atoms. The summed E-state index contributed by atoms with van der Waals surface area (Å²) < 4.78 is 39.6. The van der Waals surface area contributed by atoms with Crippen molar-refractivity contribution in [3.8, 4) is 0 Å². The van der Waals surface area contributed by atoms with Crippen LogP contribution in [0.15, 0.2) is 23.1 Å². The molecule has 98 valence electrons. The van der Waals surface area contributed by atoms with E-state index in [4.69, 9.17) is 4.55 Å². The van der Waals surface area contributed by atoms with Gasteiger partial charge in [-0.2, -0.15) is 8.42 Å². The van der Waals surface area contributed by atoms with Crippen LogP contribution >= 0.6 is 0 Å². The Morgan fingerprint density at radius 2 is 1.53 bits per heavy atom. The van der Waals surface area contributed by atoms with Crippen molar-refractivity contribution >= 4 is 22.1 Å². The summed E-state index contributed by atoms with van der Waals surface area (Å²) in [5.74, 6) is -1.74. The molecular weight excluding hydrogens is 287 g/mol. The summed E-state index contributed by atoms with van der Waals surface area (Å²) in [7, 11) is -2.29. The molecule has 0 unspecified atom stereocenters. The van der Waals surface area contributed by atoms with Gasteiger partial charge in [0.1, 0.15) is 0 Å². The third-order valence-electron chi connectivity index (χ3n) is 2.10. The molecule has 0 saturated carbocycles. The van der Waals surface area contributed by atoms with Gasteiger partial charge in [-0.25, -0.2) is 9.59 Å². The number of rotatable bonds is 3. The predicted molar refractivity (Wildman–Crippen MR) is 58.9 cm³/mol. The van der Waals surface area contributed by atoms with Crippen molar-refractivity contribution in [1.29, 1.82) is 0 Å². The van der Waals surface area contributed by atoms with Crippen molar-refractivity contribution in [3.63, 3.8) is 0 Å². The maximum absolute atomic E-state index is 11.4. The molecule has 0 aliphatic rings. The van der Waals surface area contributed by atoms with Gasteiger partial charge in [0.25, 0.3) is 10.1 Å². The molecule has 0 atom stereocenters. The quantitative estimate of drug-likeness (QED) is 0.373. The number of carbonyl (C=O) groups is 2. The molecule has 1 aromatic rings.